The Morgan fingerprint density at radius 1 is 1.09 bits per heavy atom. The van der Waals surface area contributed by atoms with Crippen LogP contribution in [0, 0.1) is 13.8 Å². The lowest BCUT2D eigenvalue weighted by Crippen LogP contribution is -2.10. The topological polar surface area (TPSA) is 35.5 Å². The minimum absolute atomic E-state index is 0.350. The summed E-state index contributed by atoms with van der Waals surface area (Å²) in [7, 11) is 0. The zero-order valence-corrected chi connectivity index (χ0v) is 14.7. The van der Waals surface area contributed by atoms with Gasteiger partial charge in [-0.05, 0) is 55.3 Å². The summed E-state index contributed by atoms with van der Waals surface area (Å²) in [5.74, 6) is 1.31. The second-order valence-electron chi connectivity index (χ2n) is 4.87. The fourth-order valence-electron chi connectivity index (χ4n) is 2.04. The normalized spacial score (nSPS) is 10.4. The molecule has 0 saturated carbocycles. The van der Waals surface area contributed by atoms with Crippen LogP contribution in [0.5, 0.6) is 11.5 Å². The molecule has 0 aliphatic rings. The van der Waals surface area contributed by atoms with Crippen molar-refractivity contribution < 1.29 is 14.3 Å². The second kappa shape index (κ2) is 7.65. The molecule has 0 bridgehead atoms. The first-order chi connectivity index (χ1) is 10.5. The monoisotopic (exact) mass is 382 g/mol. The molecule has 0 spiro atoms. The summed E-state index contributed by atoms with van der Waals surface area (Å²) in [6, 6.07) is 9.09. The number of ether oxygens (including phenoxy) is 2. The van der Waals surface area contributed by atoms with Gasteiger partial charge in [-0.2, -0.15) is 0 Å². The van der Waals surface area contributed by atoms with Gasteiger partial charge in [0.25, 0.3) is 0 Å². The Balaban J connectivity index is 1.91. The van der Waals surface area contributed by atoms with Gasteiger partial charge in [0, 0.05) is 9.50 Å². The summed E-state index contributed by atoms with van der Waals surface area (Å²) >= 11 is 9.44. The van der Waals surface area contributed by atoms with Crippen molar-refractivity contribution in [3.05, 3.63) is 56.5 Å². The number of hydrogen-bond donors (Lipinski definition) is 0. The van der Waals surface area contributed by atoms with Crippen molar-refractivity contribution in [3.8, 4) is 11.5 Å². The average Bonchev–Trinajstić information content (AvgIpc) is 2.50. The van der Waals surface area contributed by atoms with E-state index < -0.39 is 0 Å². The summed E-state index contributed by atoms with van der Waals surface area (Å²) in [4.78, 5) is 11.0. The molecule has 2 aromatic carbocycles. The lowest BCUT2D eigenvalue weighted by atomic mass is 10.1. The Labute approximate surface area is 143 Å². The van der Waals surface area contributed by atoms with E-state index in [1.165, 1.54) is 0 Å². The largest absolute Gasteiger partial charge is 0.490 e. The predicted octanol–water partition coefficient (Wildman–Crippen LogP) is 4.99. The zero-order chi connectivity index (χ0) is 16.1. The number of benzene rings is 2. The Hall–Kier alpha value is -1.52. The van der Waals surface area contributed by atoms with Crippen LogP contribution in [0.4, 0.5) is 0 Å². The summed E-state index contributed by atoms with van der Waals surface area (Å²) in [5.41, 5.74) is 2.47. The lowest BCUT2D eigenvalue weighted by Gasteiger charge is -2.12. The van der Waals surface area contributed by atoms with E-state index in [0.29, 0.717) is 24.5 Å². The molecular weight excluding hydrogens is 368 g/mol. The van der Waals surface area contributed by atoms with Crippen molar-refractivity contribution in [1.82, 2.24) is 0 Å². The van der Waals surface area contributed by atoms with E-state index in [2.05, 4.69) is 15.9 Å². The minimum Gasteiger partial charge on any atom is -0.490 e. The number of carbonyl (C=O) groups is 1. The summed E-state index contributed by atoms with van der Waals surface area (Å²) in [6.07, 6.45) is 0.771. The first-order valence-corrected chi connectivity index (χ1v) is 7.95. The molecule has 5 heteroatoms. The highest BCUT2D eigenvalue weighted by molar-refractivity contribution is 9.10. The molecular formula is C17H16BrClO3. The molecule has 0 heterocycles. The van der Waals surface area contributed by atoms with Gasteiger partial charge in [0.15, 0.2) is 6.29 Å². The predicted molar refractivity (Wildman–Crippen MR) is 91.4 cm³/mol. The highest BCUT2D eigenvalue weighted by atomic mass is 79.9. The molecule has 2 aromatic rings. The van der Waals surface area contributed by atoms with E-state index in [0.717, 1.165) is 32.7 Å². The molecule has 0 radical (unpaired) electrons. The van der Waals surface area contributed by atoms with Gasteiger partial charge < -0.3 is 9.47 Å². The molecule has 0 aliphatic carbocycles. The number of hydrogen-bond acceptors (Lipinski definition) is 3. The van der Waals surface area contributed by atoms with E-state index in [4.69, 9.17) is 21.1 Å². The van der Waals surface area contributed by atoms with Crippen LogP contribution in [0.3, 0.4) is 0 Å². The van der Waals surface area contributed by atoms with Crippen LogP contribution >= 0.6 is 27.5 Å². The van der Waals surface area contributed by atoms with Gasteiger partial charge in [-0.25, -0.2) is 0 Å². The van der Waals surface area contributed by atoms with Crippen LogP contribution in [-0.4, -0.2) is 19.5 Å². The standard InChI is InChI=1S/C17H16BrClO3/c1-11-7-15(8-12(2)17(11)19)21-5-6-22-16-4-3-14(18)9-13(16)10-20/h3-4,7-10H,5-6H2,1-2H3. The molecule has 116 valence electrons. The quantitative estimate of drug-likeness (QED) is 0.521. The number of rotatable bonds is 6. The Morgan fingerprint density at radius 3 is 2.36 bits per heavy atom. The molecule has 0 N–H and O–H groups in total. The molecule has 0 aromatic heterocycles. The highest BCUT2D eigenvalue weighted by Gasteiger charge is 2.05. The SMILES string of the molecule is Cc1cc(OCCOc2ccc(Br)cc2C=O)cc(C)c1Cl. The third-order valence-electron chi connectivity index (χ3n) is 3.12. The van der Waals surface area contributed by atoms with E-state index in [-0.39, 0.29) is 0 Å². The molecule has 0 aliphatic heterocycles. The van der Waals surface area contributed by atoms with Crippen LogP contribution in [0.15, 0.2) is 34.8 Å². The van der Waals surface area contributed by atoms with Gasteiger partial charge in [-0.3, -0.25) is 4.79 Å². The summed E-state index contributed by atoms with van der Waals surface area (Å²) < 4.78 is 12.1. The Kier molecular flexibility index (Phi) is 5.86. The van der Waals surface area contributed by atoms with Crippen LogP contribution in [0.25, 0.3) is 0 Å². The fourth-order valence-corrected chi connectivity index (χ4v) is 2.53. The Morgan fingerprint density at radius 2 is 1.73 bits per heavy atom. The molecule has 0 atom stereocenters. The fraction of sp³-hybridized carbons (Fsp3) is 0.235. The number of halogens is 2. The third-order valence-corrected chi connectivity index (χ3v) is 4.21. The van der Waals surface area contributed by atoms with Crippen molar-refractivity contribution in [2.75, 3.05) is 13.2 Å². The maximum absolute atomic E-state index is 11.0. The van der Waals surface area contributed by atoms with Crippen molar-refractivity contribution in [2.24, 2.45) is 0 Å². The molecule has 3 nitrogen and oxygen atoms in total. The first-order valence-electron chi connectivity index (χ1n) is 6.78. The minimum atomic E-state index is 0.350. The van der Waals surface area contributed by atoms with E-state index in [1.54, 1.807) is 12.1 Å². The number of aryl methyl sites for hydroxylation is 2. The van der Waals surface area contributed by atoms with Crippen molar-refractivity contribution in [3.63, 3.8) is 0 Å². The van der Waals surface area contributed by atoms with Crippen LogP contribution < -0.4 is 9.47 Å². The maximum Gasteiger partial charge on any atom is 0.153 e. The van der Waals surface area contributed by atoms with Crippen LogP contribution in [0.2, 0.25) is 5.02 Å². The van der Waals surface area contributed by atoms with Gasteiger partial charge in [-0.1, -0.05) is 27.5 Å². The van der Waals surface area contributed by atoms with Gasteiger partial charge in [-0.15, -0.1) is 0 Å². The van der Waals surface area contributed by atoms with Crippen molar-refractivity contribution in [1.29, 1.82) is 0 Å². The number of carbonyl (C=O) groups excluding carboxylic acids is 1. The van der Waals surface area contributed by atoms with Crippen molar-refractivity contribution in [2.45, 2.75) is 13.8 Å². The first kappa shape index (κ1) is 16.8. The smallest absolute Gasteiger partial charge is 0.153 e. The van der Waals surface area contributed by atoms with Crippen LogP contribution in [-0.2, 0) is 0 Å². The average molecular weight is 384 g/mol. The molecule has 22 heavy (non-hydrogen) atoms. The lowest BCUT2D eigenvalue weighted by molar-refractivity contribution is 0.111. The van der Waals surface area contributed by atoms with E-state index >= 15 is 0 Å². The van der Waals surface area contributed by atoms with Gasteiger partial charge in [0.2, 0.25) is 0 Å². The zero-order valence-electron chi connectivity index (χ0n) is 12.4. The Bertz CT molecular complexity index is 663. The van der Waals surface area contributed by atoms with Crippen molar-refractivity contribution >= 4 is 33.8 Å². The van der Waals surface area contributed by atoms with Gasteiger partial charge >= 0.3 is 0 Å². The molecule has 0 unspecified atom stereocenters. The van der Waals surface area contributed by atoms with E-state index in [9.17, 15) is 4.79 Å². The van der Waals surface area contributed by atoms with E-state index in [1.807, 2.05) is 32.0 Å². The van der Waals surface area contributed by atoms with Crippen LogP contribution in [0.1, 0.15) is 21.5 Å². The number of aldehydes is 1. The second-order valence-corrected chi connectivity index (χ2v) is 6.16. The summed E-state index contributed by atoms with van der Waals surface area (Å²) in [6.45, 7) is 4.62. The maximum atomic E-state index is 11.0. The molecule has 0 fully saturated rings. The highest BCUT2D eigenvalue weighted by Crippen LogP contribution is 2.26. The molecule has 0 amide bonds. The molecule has 2 rings (SSSR count). The molecule has 0 saturated heterocycles. The van der Waals surface area contributed by atoms with Gasteiger partial charge in [0.1, 0.15) is 24.7 Å². The van der Waals surface area contributed by atoms with Gasteiger partial charge in [0.05, 0.1) is 5.56 Å². The third kappa shape index (κ3) is 4.24. The summed E-state index contributed by atoms with van der Waals surface area (Å²) in [5, 5.41) is 0.758.